The largest absolute Gasteiger partial charge is 0.481 e. The van der Waals surface area contributed by atoms with Crippen molar-refractivity contribution >= 4 is 17.5 Å². The summed E-state index contributed by atoms with van der Waals surface area (Å²) in [7, 11) is 1.43. The molecule has 0 saturated heterocycles. The molecule has 1 unspecified atom stereocenters. The van der Waals surface area contributed by atoms with Crippen LogP contribution in [0.25, 0.3) is 0 Å². The van der Waals surface area contributed by atoms with Crippen LogP contribution >= 0.6 is 0 Å². The summed E-state index contributed by atoms with van der Waals surface area (Å²) < 4.78 is 22.7. The van der Waals surface area contributed by atoms with Crippen LogP contribution in [0.2, 0.25) is 0 Å². The van der Waals surface area contributed by atoms with Gasteiger partial charge in [-0.25, -0.2) is 9.37 Å². The van der Waals surface area contributed by atoms with Crippen LogP contribution in [0, 0.1) is 23.6 Å². The SMILES string of the molecule is COc1nccc(F)c1Cn1cc(NC(=O)C(NC(=O)c2ccnn2C(C)C)C(C2CC2)C2CC2)cn1. The van der Waals surface area contributed by atoms with E-state index in [1.54, 1.807) is 23.1 Å². The van der Waals surface area contributed by atoms with Crippen LogP contribution < -0.4 is 15.4 Å². The molecule has 2 N–H and O–H groups in total. The highest BCUT2D eigenvalue weighted by atomic mass is 19.1. The van der Waals surface area contributed by atoms with Crippen LogP contribution in [0.1, 0.15) is 61.6 Å². The molecule has 0 aliphatic heterocycles. The Kier molecular flexibility index (Phi) is 6.94. The van der Waals surface area contributed by atoms with Crippen molar-refractivity contribution in [2.45, 2.75) is 58.2 Å². The topological polar surface area (TPSA) is 116 Å². The first-order valence-corrected chi connectivity index (χ1v) is 12.7. The Morgan fingerprint density at radius 3 is 2.51 bits per heavy atom. The van der Waals surface area contributed by atoms with E-state index in [1.807, 2.05) is 13.8 Å². The first kappa shape index (κ1) is 24.9. The molecule has 2 aliphatic carbocycles. The van der Waals surface area contributed by atoms with Gasteiger partial charge in [0.25, 0.3) is 5.91 Å². The minimum absolute atomic E-state index is 0.0137. The first-order valence-electron chi connectivity index (χ1n) is 12.7. The Morgan fingerprint density at radius 2 is 1.86 bits per heavy atom. The molecule has 2 fully saturated rings. The highest BCUT2D eigenvalue weighted by Crippen LogP contribution is 2.51. The zero-order valence-electron chi connectivity index (χ0n) is 21.2. The molecule has 11 heteroatoms. The zero-order valence-corrected chi connectivity index (χ0v) is 21.2. The number of pyridine rings is 1. The molecular formula is C26H32FN7O3. The number of rotatable bonds is 11. The third-order valence-corrected chi connectivity index (χ3v) is 7.05. The molecule has 37 heavy (non-hydrogen) atoms. The van der Waals surface area contributed by atoms with Crippen molar-refractivity contribution in [3.05, 3.63) is 54.0 Å². The second kappa shape index (κ2) is 10.3. The Bertz CT molecular complexity index is 1270. The van der Waals surface area contributed by atoms with Crippen LogP contribution in [-0.4, -0.2) is 49.5 Å². The maximum Gasteiger partial charge on any atom is 0.270 e. The standard InChI is InChI=1S/C26H32FN7O3/c1-15(2)34-21(9-11-29-34)24(35)32-23(22(16-4-5-16)17-6-7-17)25(36)31-18-12-30-33(13-18)14-19-20(27)8-10-28-26(19)37-3/h8-13,15-17,22-23H,4-7,14H2,1-3H3,(H,31,36)(H,32,35). The fraction of sp³-hybridized carbons (Fsp3) is 0.500. The van der Waals surface area contributed by atoms with Crippen molar-refractivity contribution in [3.8, 4) is 5.88 Å². The van der Waals surface area contributed by atoms with Crippen molar-refractivity contribution in [2.24, 2.45) is 17.8 Å². The predicted octanol–water partition coefficient (Wildman–Crippen LogP) is 3.42. The molecule has 196 valence electrons. The van der Waals surface area contributed by atoms with Crippen LogP contribution in [0.3, 0.4) is 0 Å². The second-order valence-corrected chi connectivity index (χ2v) is 10.2. The van der Waals surface area contributed by atoms with Gasteiger partial charge in [0.2, 0.25) is 11.8 Å². The maximum atomic E-state index is 14.3. The van der Waals surface area contributed by atoms with Crippen molar-refractivity contribution in [1.29, 1.82) is 0 Å². The molecule has 3 aromatic rings. The number of carbonyl (C=O) groups is 2. The molecule has 0 radical (unpaired) electrons. The lowest BCUT2D eigenvalue weighted by atomic mass is 9.88. The van der Waals surface area contributed by atoms with E-state index < -0.39 is 11.9 Å². The molecule has 2 saturated carbocycles. The van der Waals surface area contributed by atoms with Crippen molar-refractivity contribution < 1.29 is 18.7 Å². The van der Waals surface area contributed by atoms with Gasteiger partial charge in [0.05, 0.1) is 31.1 Å². The van der Waals surface area contributed by atoms with Gasteiger partial charge in [-0.05, 0) is 69.4 Å². The van der Waals surface area contributed by atoms with Gasteiger partial charge in [0.15, 0.2) is 0 Å². The van der Waals surface area contributed by atoms with Gasteiger partial charge in [0.1, 0.15) is 17.6 Å². The summed E-state index contributed by atoms with van der Waals surface area (Å²) in [6.45, 7) is 4.00. The summed E-state index contributed by atoms with van der Waals surface area (Å²) in [5, 5.41) is 14.5. The molecule has 2 amide bonds. The van der Waals surface area contributed by atoms with E-state index in [0.29, 0.717) is 23.2 Å². The Morgan fingerprint density at radius 1 is 1.14 bits per heavy atom. The fourth-order valence-corrected chi connectivity index (χ4v) is 5.02. The minimum atomic E-state index is -0.678. The summed E-state index contributed by atoms with van der Waals surface area (Å²) in [5.41, 5.74) is 1.16. The smallest absolute Gasteiger partial charge is 0.270 e. The van der Waals surface area contributed by atoms with Crippen LogP contribution in [0.4, 0.5) is 10.1 Å². The molecule has 10 nitrogen and oxygen atoms in total. The minimum Gasteiger partial charge on any atom is -0.481 e. The Balaban J connectivity index is 1.33. The van der Waals surface area contributed by atoms with Crippen LogP contribution in [-0.2, 0) is 11.3 Å². The lowest BCUT2D eigenvalue weighted by Gasteiger charge is -2.27. The number of ether oxygens (including phenoxy) is 1. The normalized spacial score (nSPS) is 16.2. The molecule has 2 aliphatic rings. The molecule has 1 atom stereocenters. The number of amides is 2. The van der Waals surface area contributed by atoms with E-state index >= 15 is 0 Å². The molecule has 0 aromatic carbocycles. The molecular weight excluding hydrogens is 477 g/mol. The van der Waals surface area contributed by atoms with Crippen molar-refractivity contribution in [3.63, 3.8) is 0 Å². The highest BCUT2D eigenvalue weighted by molar-refractivity contribution is 6.00. The number of aromatic nitrogens is 5. The van der Waals surface area contributed by atoms with E-state index in [9.17, 15) is 14.0 Å². The van der Waals surface area contributed by atoms with Gasteiger partial charge in [0, 0.05) is 24.6 Å². The average molecular weight is 510 g/mol. The first-order chi connectivity index (χ1) is 17.9. The lowest BCUT2D eigenvalue weighted by Crippen LogP contribution is -2.50. The van der Waals surface area contributed by atoms with Gasteiger partial charge in [-0.1, -0.05) is 0 Å². The molecule has 3 aromatic heterocycles. The van der Waals surface area contributed by atoms with E-state index in [0.717, 1.165) is 25.7 Å². The summed E-state index contributed by atoms with van der Waals surface area (Å²) in [5.74, 6) is 0.0898. The van der Waals surface area contributed by atoms with E-state index in [4.69, 9.17) is 4.74 Å². The van der Waals surface area contributed by atoms with Crippen LogP contribution in [0.5, 0.6) is 5.88 Å². The number of nitrogens with one attached hydrogen (secondary N) is 2. The van der Waals surface area contributed by atoms with Gasteiger partial charge in [-0.15, -0.1) is 0 Å². The van der Waals surface area contributed by atoms with Gasteiger partial charge >= 0.3 is 0 Å². The summed E-state index contributed by atoms with van der Waals surface area (Å²) in [6.07, 6.45) is 10.3. The van der Waals surface area contributed by atoms with Gasteiger partial charge in [-0.3, -0.25) is 19.0 Å². The lowest BCUT2D eigenvalue weighted by molar-refractivity contribution is -0.119. The number of hydrogen-bond donors (Lipinski definition) is 2. The number of anilines is 1. The summed E-state index contributed by atoms with van der Waals surface area (Å²) in [4.78, 5) is 30.9. The zero-order chi connectivity index (χ0) is 26.1. The van der Waals surface area contributed by atoms with Gasteiger partial charge in [-0.2, -0.15) is 10.2 Å². The Hall–Kier alpha value is -3.76. The number of carbonyl (C=O) groups excluding carboxylic acids is 2. The van der Waals surface area contributed by atoms with Crippen LogP contribution in [0.15, 0.2) is 36.9 Å². The average Bonchev–Trinajstić information content (AvgIpc) is 3.80. The van der Waals surface area contributed by atoms with Gasteiger partial charge < -0.3 is 15.4 Å². The maximum absolute atomic E-state index is 14.3. The molecule has 5 rings (SSSR count). The summed E-state index contributed by atoms with van der Waals surface area (Å²) >= 11 is 0. The second-order valence-electron chi connectivity index (χ2n) is 10.2. The van der Waals surface area contributed by atoms with Crippen molar-refractivity contribution in [2.75, 3.05) is 12.4 Å². The Labute approximate surface area is 214 Å². The molecule has 3 heterocycles. The quantitative estimate of drug-likeness (QED) is 0.409. The molecule has 0 bridgehead atoms. The fourth-order valence-electron chi connectivity index (χ4n) is 5.02. The monoisotopic (exact) mass is 509 g/mol. The number of nitrogens with zero attached hydrogens (tertiary/aromatic N) is 5. The third kappa shape index (κ3) is 5.50. The van der Waals surface area contributed by atoms with E-state index in [-0.39, 0.29) is 41.8 Å². The highest BCUT2D eigenvalue weighted by Gasteiger charge is 2.48. The van der Waals surface area contributed by atoms with Crippen molar-refractivity contribution in [1.82, 2.24) is 29.9 Å². The van der Waals surface area contributed by atoms with E-state index in [1.165, 1.54) is 30.3 Å². The molecule has 0 spiro atoms. The number of methoxy groups -OCH3 is 1. The third-order valence-electron chi connectivity index (χ3n) is 7.05. The number of halogens is 1. The number of hydrogen-bond acceptors (Lipinski definition) is 6. The predicted molar refractivity (Wildman–Crippen MR) is 134 cm³/mol. The van der Waals surface area contributed by atoms with E-state index in [2.05, 4.69) is 25.8 Å². The summed E-state index contributed by atoms with van der Waals surface area (Å²) in [6, 6.07) is 2.27.